The van der Waals surface area contributed by atoms with E-state index in [-0.39, 0.29) is 19.0 Å². The van der Waals surface area contributed by atoms with E-state index in [0.717, 1.165) is 8.95 Å². The average Bonchev–Trinajstić information content (AvgIpc) is 2.48. The Morgan fingerprint density at radius 1 is 1.10 bits per heavy atom. The van der Waals surface area contributed by atoms with E-state index in [1.165, 1.54) is 0 Å². The van der Waals surface area contributed by atoms with Gasteiger partial charge in [-0.1, -0.05) is 18.2 Å². The van der Waals surface area contributed by atoms with Crippen LogP contribution in [0.3, 0.4) is 0 Å². The molecule has 0 radical (unpaired) electrons. The van der Waals surface area contributed by atoms with Crippen LogP contribution in [0.4, 0.5) is 4.39 Å². The highest BCUT2D eigenvalue weighted by Gasteiger charge is 2.11. The summed E-state index contributed by atoms with van der Waals surface area (Å²) in [4.78, 5) is 0. The molecular weight excluding hydrogens is 405 g/mol. The molecule has 0 aliphatic heterocycles. The van der Waals surface area contributed by atoms with E-state index in [9.17, 15) is 4.39 Å². The first kappa shape index (κ1) is 16.3. The third kappa shape index (κ3) is 3.75. The molecule has 0 aliphatic rings. The molecule has 0 spiro atoms. The number of nitrogens with two attached hydrogens (primary N) is 1. The second-order valence-electron chi connectivity index (χ2n) is 4.30. The van der Waals surface area contributed by atoms with Crippen molar-refractivity contribution in [2.45, 2.75) is 13.2 Å². The number of halogens is 3. The van der Waals surface area contributed by atoms with E-state index in [1.54, 1.807) is 37.4 Å². The fourth-order valence-corrected chi connectivity index (χ4v) is 2.76. The molecule has 0 saturated heterocycles. The molecule has 2 N–H and O–H groups in total. The Morgan fingerprint density at radius 2 is 1.71 bits per heavy atom. The first-order valence-corrected chi connectivity index (χ1v) is 7.77. The van der Waals surface area contributed by atoms with Gasteiger partial charge in [-0.15, -0.1) is 0 Å². The Labute approximate surface area is 139 Å². The number of hydrogen-bond acceptors (Lipinski definition) is 3. The monoisotopic (exact) mass is 417 g/mol. The molecule has 2 aromatic carbocycles. The normalized spacial score (nSPS) is 10.5. The average molecular weight is 419 g/mol. The summed E-state index contributed by atoms with van der Waals surface area (Å²) in [6.45, 7) is 0.286. The van der Waals surface area contributed by atoms with Crippen LogP contribution in [0.25, 0.3) is 0 Å². The molecule has 0 aliphatic carbocycles. The predicted octanol–water partition coefficient (Wildman–Crippen LogP) is 4.40. The van der Waals surface area contributed by atoms with Crippen molar-refractivity contribution in [1.82, 2.24) is 0 Å². The molecule has 112 valence electrons. The minimum Gasteiger partial charge on any atom is -0.496 e. The van der Waals surface area contributed by atoms with Gasteiger partial charge in [-0.25, -0.2) is 4.39 Å². The summed E-state index contributed by atoms with van der Waals surface area (Å²) in [5.41, 5.74) is 6.44. The van der Waals surface area contributed by atoms with Gasteiger partial charge in [0.05, 0.1) is 16.1 Å². The van der Waals surface area contributed by atoms with Crippen LogP contribution in [-0.4, -0.2) is 7.11 Å². The fraction of sp³-hybridized carbons (Fsp3) is 0.200. The number of methoxy groups -OCH3 is 1. The van der Waals surface area contributed by atoms with Gasteiger partial charge in [-0.2, -0.15) is 0 Å². The highest BCUT2D eigenvalue weighted by molar-refractivity contribution is 9.11. The maximum Gasteiger partial charge on any atom is 0.135 e. The molecule has 21 heavy (non-hydrogen) atoms. The molecule has 0 aromatic heterocycles. The van der Waals surface area contributed by atoms with Crippen molar-refractivity contribution >= 4 is 31.9 Å². The van der Waals surface area contributed by atoms with Crippen LogP contribution in [0.2, 0.25) is 0 Å². The van der Waals surface area contributed by atoms with Crippen LogP contribution in [0.15, 0.2) is 39.3 Å². The number of rotatable bonds is 5. The lowest BCUT2D eigenvalue weighted by Crippen LogP contribution is -2.05. The fourth-order valence-electron chi connectivity index (χ4n) is 1.83. The van der Waals surface area contributed by atoms with Crippen molar-refractivity contribution in [1.29, 1.82) is 0 Å². The van der Waals surface area contributed by atoms with Gasteiger partial charge in [0.1, 0.15) is 23.9 Å². The van der Waals surface area contributed by atoms with Crippen LogP contribution in [0, 0.1) is 5.82 Å². The third-order valence-electron chi connectivity index (χ3n) is 2.97. The highest BCUT2D eigenvalue weighted by Crippen LogP contribution is 2.36. The topological polar surface area (TPSA) is 44.5 Å². The number of benzene rings is 2. The van der Waals surface area contributed by atoms with Crippen molar-refractivity contribution in [3.05, 3.63) is 56.2 Å². The summed E-state index contributed by atoms with van der Waals surface area (Å²) in [5, 5.41) is 0. The van der Waals surface area contributed by atoms with Gasteiger partial charge in [0.25, 0.3) is 0 Å². The van der Waals surface area contributed by atoms with Crippen molar-refractivity contribution in [3.63, 3.8) is 0 Å². The number of hydrogen-bond donors (Lipinski definition) is 1. The van der Waals surface area contributed by atoms with Gasteiger partial charge < -0.3 is 15.2 Å². The maximum atomic E-state index is 14.1. The minimum atomic E-state index is -0.316. The van der Waals surface area contributed by atoms with Crippen molar-refractivity contribution in [2.24, 2.45) is 5.73 Å². The Kier molecular flexibility index (Phi) is 5.61. The van der Waals surface area contributed by atoms with Crippen LogP contribution in [0.5, 0.6) is 11.5 Å². The van der Waals surface area contributed by atoms with Crippen LogP contribution in [-0.2, 0) is 13.2 Å². The van der Waals surface area contributed by atoms with Gasteiger partial charge in [0.2, 0.25) is 0 Å². The lowest BCUT2D eigenvalue weighted by atomic mass is 10.1. The molecule has 0 fully saturated rings. The van der Waals surface area contributed by atoms with Crippen molar-refractivity contribution < 1.29 is 13.9 Å². The molecule has 3 nitrogen and oxygen atoms in total. The second-order valence-corrected chi connectivity index (χ2v) is 6.01. The standard InChI is InChI=1S/C15H14Br2FNO2/c1-20-13-5-12(17)14(6-11(13)16)21-8-10-4-2-3-9(7-19)15(10)18/h2-6H,7-8,19H2,1H3. The molecule has 6 heteroatoms. The minimum absolute atomic E-state index is 0.122. The first-order valence-electron chi connectivity index (χ1n) is 6.19. The van der Waals surface area contributed by atoms with Crippen LogP contribution < -0.4 is 15.2 Å². The first-order chi connectivity index (χ1) is 10.1. The molecule has 0 heterocycles. The summed E-state index contributed by atoms with van der Waals surface area (Å²) in [7, 11) is 1.58. The highest BCUT2D eigenvalue weighted by atomic mass is 79.9. The second kappa shape index (κ2) is 7.24. The van der Waals surface area contributed by atoms with Crippen molar-refractivity contribution in [3.8, 4) is 11.5 Å². The molecule has 2 aromatic rings. The van der Waals surface area contributed by atoms with Crippen molar-refractivity contribution in [2.75, 3.05) is 7.11 Å². The largest absolute Gasteiger partial charge is 0.496 e. The van der Waals surface area contributed by atoms with E-state index >= 15 is 0 Å². The van der Waals surface area contributed by atoms with Gasteiger partial charge >= 0.3 is 0 Å². The summed E-state index contributed by atoms with van der Waals surface area (Å²) in [6.07, 6.45) is 0. The summed E-state index contributed by atoms with van der Waals surface area (Å²) >= 11 is 6.79. The lowest BCUT2D eigenvalue weighted by Gasteiger charge is -2.12. The van der Waals surface area contributed by atoms with E-state index in [2.05, 4.69) is 31.9 Å². The van der Waals surface area contributed by atoms with Gasteiger partial charge in [-0.05, 0) is 44.0 Å². The molecular formula is C15H14Br2FNO2. The lowest BCUT2D eigenvalue weighted by molar-refractivity contribution is 0.296. The summed E-state index contributed by atoms with van der Waals surface area (Å²) in [5.74, 6) is 0.967. The number of ether oxygens (including phenoxy) is 2. The smallest absolute Gasteiger partial charge is 0.135 e. The Hall–Kier alpha value is -1.11. The zero-order chi connectivity index (χ0) is 15.4. The Bertz CT molecular complexity index is 650. The van der Waals surface area contributed by atoms with Gasteiger partial charge in [0.15, 0.2) is 0 Å². The molecule has 0 amide bonds. The maximum absolute atomic E-state index is 14.1. The van der Waals surface area contributed by atoms with E-state index in [0.29, 0.717) is 22.6 Å². The molecule has 0 bridgehead atoms. The summed E-state index contributed by atoms with van der Waals surface area (Å²) in [6, 6.07) is 8.67. The van der Waals surface area contributed by atoms with E-state index in [1.807, 2.05) is 0 Å². The predicted molar refractivity (Wildman–Crippen MR) is 87.0 cm³/mol. The van der Waals surface area contributed by atoms with E-state index in [4.69, 9.17) is 15.2 Å². The SMILES string of the molecule is COc1cc(Br)c(OCc2cccc(CN)c2F)cc1Br. The Morgan fingerprint density at radius 3 is 2.38 bits per heavy atom. The van der Waals surface area contributed by atoms with Gasteiger partial charge in [0, 0.05) is 17.7 Å². The molecule has 0 atom stereocenters. The van der Waals surface area contributed by atoms with Crippen LogP contribution >= 0.6 is 31.9 Å². The summed E-state index contributed by atoms with van der Waals surface area (Å²) < 4.78 is 26.4. The van der Waals surface area contributed by atoms with Gasteiger partial charge in [-0.3, -0.25) is 0 Å². The Balaban J connectivity index is 2.19. The van der Waals surface area contributed by atoms with E-state index < -0.39 is 0 Å². The molecule has 0 saturated carbocycles. The zero-order valence-corrected chi connectivity index (χ0v) is 14.5. The molecule has 2 rings (SSSR count). The van der Waals surface area contributed by atoms with Crippen LogP contribution in [0.1, 0.15) is 11.1 Å². The zero-order valence-electron chi connectivity index (χ0n) is 11.3. The molecule has 0 unspecified atom stereocenters. The third-order valence-corrected chi connectivity index (χ3v) is 4.21. The quantitative estimate of drug-likeness (QED) is 0.782.